The molecule has 0 unspecified atom stereocenters. The minimum Gasteiger partial charge on any atom is -0.397 e. The Morgan fingerprint density at radius 1 is 1.61 bits per heavy atom. The zero-order valence-electron chi connectivity index (χ0n) is 9.77. The van der Waals surface area contributed by atoms with E-state index in [1.54, 1.807) is 6.07 Å². The Labute approximate surface area is 107 Å². The van der Waals surface area contributed by atoms with Gasteiger partial charge in [-0.2, -0.15) is 4.98 Å². The average Bonchev–Trinajstić information content (AvgIpc) is 2.96. The second-order valence-electron chi connectivity index (χ2n) is 3.46. The summed E-state index contributed by atoms with van der Waals surface area (Å²) >= 11 is 1.30. The first-order valence-electron chi connectivity index (χ1n) is 5.37. The van der Waals surface area contributed by atoms with Crippen molar-refractivity contribution in [3.63, 3.8) is 0 Å². The van der Waals surface area contributed by atoms with Gasteiger partial charge < -0.3 is 20.9 Å². The monoisotopic (exact) mass is 267 g/mol. The molecule has 0 atom stereocenters. The largest absolute Gasteiger partial charge is 0.397 e. The van der Waals surface area contributed by atoms with Crippen LogP contribution in [0.25, 0.3) is 0 Å². The smallest absolute Gasteiger partial charge is 0.263 e. The number of hydrogen-bond acceptors (Lipinski definition) is 7. The zero-order valence-corrected chi connectivity index (χ0v) is 10.6. The number of nitrogens with two attached hydrogens (primary N) is 1. The summed E-state index contributed by atoms with van der Waals surface area (Å²) in [6.45, 7) is 2.85. The highest BCUT2D eigenvalue weighted by atomic mass is 32.1. The second kappa shape index (κ2) is 5.50. The van der Waals surface area contributed by atoms with Crippen LogP contribution in [0.1, 0.15) is 22.4 Å². The summed E-state index contributed by atoms with van der Waals surface area (Å²) in [7, 11) is 0. The molecule has 2 aromatic heterocycles. The molecule has 2 rings (SSSR count). The van der Waals surface area contributed by atoms with Crippen molar-refractivity contribution >= 4 is 27.9 Å². The molecule has 2 heterocycles. The molecule has 0 fully saturated rings. The van der Waals surface area contributed by atoms with Crippen LogP contribution in [0, 0.1) is 0 Å². The Bertz CT molecular complexity index is 522. The number of aromatic nitrogens is 2. The van der Waals surface area contributed by atoms with E-state index in [4.69, 9.17) is 5.73 Å². The second-order valence-corrected chi connectivity index (χ2v) is 4.51. The number of anilines is 2. The fraction of sp³-hybridized carbons (Fsp3) is 0.300. The molecule has 8 heteroatoms. The van der Waals surface area contributed by atoms with E-state index in [1.807, 2.05) is 6.92 Å². The number of hydrogen-bond donors (Lipinski definition) is 3. The predicted molar refractivity (Wildman–Crippen MR) is 68.4 cm³/mol. The molecule has 0 aliphatic heterocycles. The van der Waals surface area contributed by atoms with Gasteiger partial charge in [-0.05, 0) is 13.0 Å². The van der Waals surface area contributed by atoms with Crippen molar-refractivity contribution in [3.8, 4) is 0 Å². The summed E-state index contributed by atoms with van der Waals surface area (Å²) in [6.07, 6.45) is 1.26. The lowest BCUT2D eigenvalue weighted by molar-refractivity contribution is 0.0960. The summed E-state index contributed by atoms with van der Waals surface area (Å²) in [6, 6.07) is 1.72. The quantitative estimate of drug-likeness (QED) is 0.748. The van der Waals surface area contributed by atoms with Crippen LogP contribution in [0.3, 0.4) is 0 Å². The maximum atomic E-state index is 11.7. The van der Waals surface area contributed by atoms with E-state index in [0.717, 1.165) is 5.00 Å². The summed E-state index contributed by atoms with van der Waals surface area (Å²) in [5.41, 5.74) is 6.24. The maximum Gasteiger partial charge on any atom is 0.263 e. The summed E-state index contributed by atoms with van der Waals surface area (Å²) in [5, 5.41) is 10.2. The minimum atomic E-state index is -0.160. The van der Waals surface area contributed by atoms with E-state index >= 15 is 0 Å². The standard InChI is InChI=1S/C10H13N5O2S/c1-2-12-10(16)9-6(11)3-8(18-9)13-4-7-14-5-17-15-7/h3,5,13H,2,4,11H2,1H3,(H,12,16). The van der Waals surface area contributed by atoms with Gasteiger partial charge in [0.25, 0.3) is 5.91 Å². The fourth-order valence-electron chi connectivity index (χ4n) is 1.35. The molecule has 0 spiro atoms. The van der Waals surface area contributed by atoms with E-state index in [-0.39, 0.29) is 5.91 Å². The lowest BCUT2D eigenvalue weighted by Crippen LogP contribution is -2.22. The highest BCUT2D eigenvalue weighted by Gasteiger charge is 2.13. The van der Waals surface area contributed by atoms with E-state index < -0.39 is 0 Å². The number of thiophene rings is 1. The van der Waals surface area contributed by atoms with Gasteiger partial charge in [0.2, 0.25) is 6.39 Å². The molecule has 0 radical (unpaired) electrons. The molecule has 2 aromatic rings. The average molecular weight is 267 g/mol. The molecule has 1 amide bonds. The molecule has 0 saturated carbocycles. The Morgan fingerprint density at radius 2 is 2.44 bits per heavy atom. The number of nitrogens with zero attached hydrogens (tertiary/aromatic N) is 2. The van der Waals surface area contributed by atoms with Crippen molar-refractivity contribution in [2.75, 3.05) is 17.6 Å². The molecule has 0 bridgehead atoms. The Hall–Kier alpha value is -2.09. The summed E-state index contributed by atoms with van der Waals surface area (Å²) in [5.74, 6) is 0.383. The fourth-order valence-corrected chi connectivity index (χ4v) is 2.24. The number of nitrogen functional groups attached to an aromatic ring is 1. The van der Waals surface area contributed by atoms with Crippen LogP contribution < -0.4 is 16.4 Å². The van der Waals surface area contributed by atoms with Crippen LogP contribution in [-0.4, -0.2) is 22.6 Å². The molecule has 0 aliphatic carbocycles. The molecule has 18 heavy (non-hydrogen) atoms. The number of carbonyl (C=O) groups excluding carboxylic acids is 1. The van der Waals surface area contributed by atoms with E-state index in [2.05, 4.69) is 25.3 Å². The van der Waals surface area contributed by atoms with Crippen LogP contribution in [0.5, 0.6) is 0 Å². The molecule has 0 saturated heterocycles. The van der Waals surface area contributed by atoms with Crippen molar-refractivity contribution in [1.29, 1.82) is 0 Å². The lowest BCUT2D eigenvalue weighted by atomic mass is 10.3. The van der Waals surface area contributed by atoms with Crippen molar-refractivity contribution in [3.05, 3.63) is 23.2 Å². The first-order chi connectivity index (χ1) is 8.70. The Kier molecular flexibility index (Phi) is 3.78. The van der Waals surface area contributed by atoms with Gasteiger partial charge in [0, 0.05) is 6.54 Å². The van der Waals surface area contributed by atoms with E-state index in [9.17, 15) is 4.79 Å². The Morgan fingerprint density at radius 3 is 3.11 bits per heavy atom. The van der Waals surface area contributed by atoms with Crippen LogP contribution in [0.4, 0.5) is 10.7 Å². The zero-order chi connectivity index (χ0) is 13.0. The number of nitrogens with one attached hydrogen (secondary N) is 2. The lowest BCUT2D eigenvalue weighted by Gasteiger charge is -1.99. The number of rotatable bonds is 5. The van der Waals surface area contributed by atoms with Gasteiger partial charge in [-0.1, -0.05) is 5.16 Å². The van der Waals surface area contributed by atoms with Crippen LogP contribution in [0.2, 0.25) is 0 Å². The molecule has 96 valence electrons. The van der Waals surface area contributed by atoms with Gasteiger partial charge in [0.1, 0.15) is 4.88 Å². The summed E-state index contributed by atoms with van der Waals surface area (Å²) < 4.78 is 4.62. The van der Waals surface area contributed by atoms with Crippen molar-refractivity contribution in [1.82, 2.24) is 15.5 Å². The topological polar surface area (TPSA) is 106 Å². The third kappa shape index (κ3) is 2.77. The Balaban J connectivity index is 2.02. The van der Waals surface area contributed by atoms with E-state index in [1.165, 1.54) is 17.7 Å². The predicted octanol–water partition coefficient (Wildman–Crippen LogP) is 1.08. The van der Waals surface area contributed by atoms with Crippen molar-refractivity contribution < 1.29 is 9.32 Å². The van der Waals surface area contributed by atoms with Gasteiger partial charge in [-0.25, -0.2) is 0 Å². The molecule has 0 aliphatic rings. The third-order valence-corrected chi connectivity index (χ3v) is 3.24. The molecule has 4 N–H and O–H groups in total. The first-order valence-corrected chi connectivity index (χ1v) is 6.19. The molecular weight excluding hydrogens is 254 g/mol. The normalized spacial score (nSPS) is 10.3. The van der Waals surface area contributed by atoms with Gasteiger partial charge in [-0.3, -0.25) is 4.79 Å². The number of carbonyl (C=O) groups is 1. The SMILES string of the molecule is CCNC(=O)c1sc(NCc2ncon2)cc1N. The maximum absolute atomic E-state index is 11.7. The first kappa shape index (κ1) is 12.4. The molecular formula is C10H13N5O2S. The minimum absolute atomic E-state index is 0.160. The summed E-state index contributed by atoms with van der Waals surface area (Å²) in [4.78, 5) is 16.0. The molecule has 7 nitrogen and oxygen atoms in total. The van der Waals surface area contributed by atoms with Gasteiger partial charge in [0.05, 0.1) is 17.2 Å². The van der Waals surface area contributed by atoms with Crippen LogP contribution in [-0.2, 0) is 6.54 Å². The van der Waals surface area contributed by atoms with Gasteiger partial charge in [-0.15, -0.1) is 11.3 Å². The van der Waals surface area contributed by atoms with Gasteiger partial charge >= 0.3 is 0 Å². The van der Waals surface area contributed by atoms with Crippen LogP contribution in [0.15, 0.2) is 17.0 Å². The van der Waals surface area contributed by atoms with Crippen LogP contribution >= 0.6 is 11.3 Å². The molecule has 0 aromatic carbocycles. The number of amides is 1. The third-order valence-electron chi connectivity index (χ3n) is 2.13. The highest BCUT2D eigenvalue weighted by Crippen LogP contribution is 2.29. The van der Waals surface area contributed by atoms with Crippen molar-refractivity contribution in [2.45, 2.75) is 13.5 Å². The van der Waals surface area contributed by atoms with Crippen molar-refractivity contribution in [2.24, 2.45) is 0 Å². The highest BCUT2D eigenvalue weighted by molar-refractivity contribution is 7.18. The van der Waals surface area contributed by atoms with E-state index in [0.29, 0.717) is 29.5 Å². The van der Waals surface area contributed by atoms with Gasteiger partial charge in [0.15, 0.2) is 5.82 Å².